The van der Waals surface area contributed by atoms with Gasteiger partial charge in [-0.15, -0.1) is 12.6 Å². The van der Waals surface area contributed by atoms with Crippen LogP contribution in [0.5, 0.6) is 0 Å². The Labute approximate surface area is 76.6 Å². The number of H-pyrrole nitrogens is 1. The number of unbranched alkanes of at least 4 members (excludes halogenated alkanes) is 1. The summed E-state index contributed by atoms with van der Waals surface area (Å²) in [5, 5.41) is 0.491. The fourth-order valence-corrected chi connectivity index (χ4v) is 1.19. The van der Waals surface area contributed by atoms with Crippen molar-refractivity contribution < 1.29 is 0 Å². The van der Waals surface area contributed by atoms with E-state index in [-0.39, 0.29) is 5.56 Å². The zero-order valence-electron chi connectivity index (χ0n) is 7.00. The van der Waals surface area contributed by atoms with Crippen molar-refractivity contribution in [2.45, 2.75) is 31.2 Å². The van der Waals surface area contributed by atoms with Crippen LogP contribution in [0.15, 0.2) is 15.9 Å². The van der Waals surface area contributed by atoms with Crippen LogP contribution in [0.1, 0.15) is 25.6 Å². The number of rotatable bonds is 3. The van der Waals surface area contributed by atoms with Gasteiger partial charge in [0.15, 0.2) is 0 Å². The van der Waals surface area contributed by atoms with E-state index in [2.05, 4.69) is 29.5 Å². The summed E-state index contributed by atoms with van der Waals surface area (Å²) < 4.78 is 0. The van der Waals surface area contributed by atoms with Crippen molar-refractivity contribution in [3.8, 4) is 0 Å². The van der Waals surface area contributed by atoms with Crippen LogP contribution in [0, 0.1) is 0 Å². The summed E-state index contributed by atoms with van der Waals surface area (Å²) in [5.41, 5.74) is -0.124. The second-order valence-corrected chi connectivity index (χ2v) is 3.11. The zero-order valence-corrected chi connectivity index (χ0v) is 7.90. The van der Waals surface area contributed by atoms with Crippen LogP contribution in [-0.4, -0.2) is 9.97 Å². The average Bonchev–Trinajstić information content (AvgIpc) is 1.99. The molecular formula is C8H12N2OS. The molecule has 0 atom stereocenters. The third-order valence-electron chi connectivity index (χ3n) is 1.54. The standard InChI is InChI=1S/C8H12N2OS/c1-2-3-4-6-9-7(11)5-8(12)10-6/h5H,2-4H2,1H3,(H2,9,10,11,12). The van der Waals surface area contributed by atoms with Crippen molar-refractivity contribution in [2.75, 3.05) is 0 Å². The maximum atomic E-state index is 10.9. The first-order valence-electron chi connectivity index (χ1n) is 4.01. The summed E-state index contributed by atoms with van der Waals surface area (Å²) in [5.74, 6) is 0.731. The van der Waals surface area contributed by atoms with E-state index in [9.17, 15) is 4.79 Å². The molecule has 0 aliphatic carbocycles. The maximum absolute atomic E-state index is 10.9. The van der Waals surface area contributed by atoms with E-state index in [1.807, 2.05) is 0 Å². The average molecular weight is 184 g/mol. The van der Waals surface area contributed by atoms with Crippen LogP contribution >= 0.6 is 12.6 Å². The molecule has 0 radical (unpaired) electrons. The number of aromatic amines is 1. The molecule has 1 heterocycles. The first-order chi connectivity index (χ1) is 5.72. The van der Waals surface area contributed by atoms with E-state index in [0.717, 1.165) is 25.1 Å². The van der Waals surface area contributed by atoms with E-state index in [0.29, 0.717) is 5.03 Å². The predicted molar refractivity (Wildman–Crippen MR) is 50.7 cm³/mol. The Bertz CT molecular complexity index is 308. The van der Waals surface area contributed by atoms with Gasteiger partial charge in [-0.25, -0.2) is 4.98 Å². The van der Waals surface area contributed by atoms with E-state index in [4.69, 9.17) is 0 Å². The van der Waals surface area contributed by atoms with Crippen molar-refractivity contribution in [1.29, 1.82) is 0 Å². The van der Waals surface area contributed by atoms with Crippen molar-refractivity contribution >= 4 is 12.6 Å². The molecule has 66 valence electrons. The SMILES string of the molecule is CCCCc1nc(S)cc(=O)[nH]1. The highest BCUT2D eigenvalue weighted by Crippen LogP contribution is 2.00. The molecule has 0 unspecified atom stereocenters. The Morgan fingerprint density at radius 3 is 3.00 bits per heavy atom. The molecule has 0 spiro atoms. The van der Waals surface area contributed by atoms with Gasteiger partial charge in [0.1, 0.15) is 10.9 Å². The third kappa shape index (κ3) is 2.70. The molecule has 1 aromatic rings. The fourth-order valence-electron chi connectivity index (χ4n) is 0.957. The van der Waals surface area contributed by atoms with Gasteiger partial charge in [0, 0.05) is 12.5 Å². The number of thiol groups is 1. The van der Waals surface area contributed by atoms with Crippen LogP contribution < -0.4 is 5.56 Å². The first-order valence-corrected chi connectivity index (χ1v) is 4.46. The van der Waals surface area contributed by atoms with Crippen LogP contribution in [0.2, 0.25) is 0 Å². The lowest BCUT2D eigenvalue weighted by Gasteiger charge is -1.98. The largest absolute Gasteiger partial charge is 0.310 e. The highest BCUT2D eigenvalue weighted by molar-refractivity contribution is 7.80. The van der Waals surface area contributed by atoms with Crippen molar-refractivity contribution in [3.63, 3.8) is 0 Å². The van der Waals surface area contributed by atoms with Gasteiger partial charge in [0.2, 0.25) is 0 Å². The highest BCUT2D eigenvalue weighted by Gasteiger charge is 1.96. The van der Waals surface area contributed by atoms with Crippen LogP contribution in [0.25, 0.3) is 0 Å². The lowest BCUT2D eigenvalue weighted by Crippen LogP contribution is -2.10. The molecule has 12 heavy (non-hydrogen) atoms. The number of nitrogens with zero attached hydrogens (tertiary/aromatic N) is 1. The Hall–Kier alpha value is -0.770. The molecule has 0 saturated carbocycles. The Balaban J connectivity index is 2.79. The minimum atomic E-state index is -0.124. The Morgan fingerprint density at radius 1 is 1.67 bits per heavy atom. The van der Waals surface area contributed by atoms with Crippen molar-refractivity contribution in [3.05, 3.63) is 22.2 Å². The van der Waals surface area contributed by atoms with Crippen LogP contribution in [0.3, 0.4) is 0 Å². The van der Waals surface area contributed by atoms with Gasteiger partial charge in [-0.3, -0.25) is 4.79 Å². The van der Waals surface area contributed by atoms with Gasteiger partial charge < -0.3 is 4.98 Å². The smallest absolute Gasteiger partial charge is 0.251 e. The van der Waals surface area contributed by atoms with Gasteiger partial charge in [0.05, 0.1) is 0 Å². The number of aryl methyl sites for hydroxylation is 1. The molecule has 0 aromatic carbocycles. The lowest BCUT2D eigenvalue weighted by molar-refractivity contribution is 0.735. The molecule has 0 fully saturated rings. The topological polar surface area (TPSA) is 45.8 Å². The molecule has 0 amide bonds. The van der Waals surface area contributed by atoms with Crippen LogP contribution in [0.4, 0.5) is 0 Å². The lowest BCUT2D eigenvalue weighted by atomic mass is 10.2. The van der Waals surface area contributed by atoms with Crippen molar-refractivity contribution in [1.82, 2.24) is 9.97 Å². The number of hydrogen-bond acceptors (Lipinski definition) is 3. The van der Waals surface area contributed by atoms with Crippen LogP contribution in [-0.2, 0) is 6.42 Å². The minimum absolute atomic E-state index is 0.124. The molecule has 3 nitrogen and oxygen atoms in total. The monoisotopic (exact) mass is 184 g/mol. The minimum Gasteiger partial charge on any atom is -0.310 e. The van der Waals surface area contributed by atoms with Gasteiger partial charge in [-0.05, 0) is 6.42 Å². The zero-order chi connectivity index (χ0) is 8.97. The summed E-state index contributed by atoms with van der Waals surface area (Å²) in [6.07, 6.45) is 2.96. The molecule has 4 heteroatoms. The molecule has 1 rings (SSSR count). The third-order valence-corrected chi connectivity index (χ3v) is 1.77. The summed E-state index contributed by atoms with van der Waals surface area (Å²) in [6.45, 7) is 2.10. The quantitative estimate of drug-likeness (QED) is 0.551. The maximum Gasteiger partial charge on any atom is 0.251 e. The molecule has 1 N–H and O–H groups in total. The summed E-state index contributed by atoms with van der Waals surface area (Å²) in [6, 6.07) is 1.37. The normalized spacial score (nSPS) is 10.2. The second-order valence-electron chi connectivity index (χ2n) is 2.65. The molecule has 1 aromatic heterocycles. The molecule has 0 saturated heterocycles. The van der Waals surface area contributed by atoms with E-state index >= 15 is 0 Å². The summed E-state index contributed by atoms with van der Waals surface area (Å²) in [7, 11) is 0. The van der Waals surface area contributed by atoms with Crippen molar-refractivity contribution in [2.24, 2.45) is 0 Å². The highest BCUT2D eigenvalue weighted by atomic mass is 32.1. The molecule has 0 bridgehead atoms. The fraction of sp³-hybridized carbons (Fsp3) is 0.500. The molecule has 0 aliphatic rings. The van der Waals surface area contributed by atoms with Gasteiger partial charge in [0.25, 0.3) is 5.56 Å². The second kappa shape index (κ2) is 4.30. The van der Waals surface area contributed by atoms with Gasteiger partial charge in [-0.2, -0.15) is 0 Å². The first kappa shape index (κ1) is 9.32. The Morgan fingerprint density at radius 2 is 2.42 bits per heavy atom. The molecular weight excluding hydrogens is 172 g/mol. The number of hydrogen-bond donors (Lipinski definition) is 2. The number of nitrogens with one attached hydrogen (secondary N) is 1. The van der Waals surface area contributed by atoms with Gasteiger partial charge >= 0.3 is 0 Å². The summed E-state index contributed by atoms with van der Waals surface area (Å²) >= 11 is 4.01. The Kier molecular flexibility index (Phi) is 3.34. The predicted octanol–water partition coefficient (Wildman–Crippen LogP) is 1.40. The van der Waals surface area contributed by atoms with Gasteiger partial charge in [-0.1, -0.05) is 13.3 Å². The molecule has 0 aliphatic heterocycles. The number of aromatic nitrogens is 2. The van der Waals surface area contributed by atoms with E-state index in [1.54, 1.807) is 0 Å². The van der Waals surface area contributed by atoms with E-state index < -0.39 is 0 Å². The van der Waals surface area contributed by atoms with E-state index in [1.165, 1.54) is 6.07 Å². The summed E-state index contributed by atoms with van der Waals surface area (Å²) in [4.78, 5) is 17.7.